The van der Waals surface area contributed by atoms with Crippen molar-refractivity contribution in [2.75, 3.05) is 26.7 Å². The Morgan fingerprint density at radius 1 is 1.00 bits per heavy atom. The van der Waals surface area contributed by atoms with Crippen molar-refractivity contribution in [2.45, 2.75) is 83.2 Å². The molecule has 0 radical (unpaired) electrons. The van der Waals surface area contributed by atoms with Gasteiger partial charge in [-0.2, -0.15) is 0 Å². The van der Waals surface area contributed by atoms with Gasteiger partial charge in [0.15, 0.2) is 0 Å². The Hall–Kier alpha value is -1.71. The third-order valence-corrected chi connectivity index (χ3v) is 8.68. The number of benzene rings is 1. The summed E-state index contributed by atoms with van der Waals surface area (Å²) in [5.74, 6) is 5.09. The van der Waals surface area contributed by atoms with E-state index in [-0.39, 0.29) is 0 Å². The van der Waals surface area contributed by atoms with Crippen molar-refractivity contribution in [3.8, 4) is 5.75 Å². The second kappa shape index (κ2) is 9.42. The third-order valence-electron chi connectivity index (χ3n) is 8.68. The predicted octanol–water partition coefficient (Wildman–Crippen LogP) is 4.67. The van der Waals surface area contributed by atoms with Crippen LogP contribution in [0.2, 0.25) is 0 Å². The van der Waals surface area contributed by atoms with Crippen LogP contribution in [0.3, 0.4) is 0 Å². The maximum atomic E-state index is 5.38. The monoisotopic (exact) mass is 424 g/mol. The Kier molecular flexibility index (Phi) is 6.43. The van der Waals surface area contributed by atoms with E-state index in [0.29, 0.717) is 12.1 Å². The van der Waals surface area contributed by atoms with E-state index in [1.165, 1.54) is 82.4 Å². The predicted molar refractivity (Wildman–Crippen MR) is 127 cm³/mol. The summed E-state index contributed by atoms with van der Waals surface area (Å²) in [6.07, 6.45) is 14.0. The molecule has 4 heteroatoms. The Morgan fingerprint density at radius 3 is 2.45 bits per heavy atom. The van der Waals surface area contributed by atoms with Crippen molar-refractivity contribution in [1.29, 1.82) is 0 Å². The van der Waals surface area contributed by atoms with Crippen molar-refractivity contribution in [3.05, 3.63) is 29.8 Å². The van der Waals surface area contributed by atoms with Crippen LogP contribution in [0.4, 0.5) is 0 Å². The smallest absolute Gasteiger partial charge is 0.349 e. The lowest BCUT2D eigenvalue weighted by Gasteiger charge is -2.31. The highest BCUT2D eigenvalue weighted by Gasteiger charge is 2.48. The van der Waals surface area contributed by atoms with E-state index < -0.39 is 0 Å². The molecule has 5 rings (SSSR count). The minimum atomic E-state index is 0.585. The molecule has 2 saturated carbocycles. The van der Waals surface area contributed by atoms with Gasteiger partial charge in [0.25, 0.3) is 0 Å². The highest BCUT2D eigenvalue weighted by atomic mass is 16.5. The molecule has 0 aromatic heterocycles. The van der Waals surface area contributed by atoms with Crippen LogP contribution in [-0.4, -0.2) is 54.3 Å². The standard InChI is InChI=1S/C27H41N3O/c1-20-8-10-22(11-9-20)18-29-24(16-21-12-14-25(31-2)15-13-21)19-30-26(17-28-27(29)30)23-6-4-3-5-7-23/h12-15,20,22-24,26H,3-11,16-19H2,1-2H3/p+1/t20?,22?,24-,26-/m1/s1. The first kappa shape index (κ1) is 21.2. The van der Waals surface area contributed by atoms with Gasteiger partial charge < -0.3 is 4.74 Å². The van der Waals surface area contributed by atoms with E-state index in [4.69, 9.17) is 4.74 Å². The van der Waals surface area contributed by atoms with Gasteiger partial charge in [-0.05, 0) is 61.1 Å². The number of ether oxygens (including phenoxy) is 1. The molecule has 1 aromatic carbocycles. The van der Waals surface area contributed by atoms with Crippen molar-refractivity contribution >= 4 is 5.96 Å². The Morgan fingerprint density at radius 2 is 1.74 bits per heavy atom. The van der Waals surface area contributed by atoms with Gasteiger partial charge in [0.2, 0.25) is 0 Å². The zero-order valence-corrected chi connectivity index (χ0v) is 19.7. The summed E-state index contributed by atoms with van der Waals surface area (Å²) in [5, 5.41) is 3.90. The van der Waals surface area contributed by atoms with Crippen molar-refractivity contribution < 1.29 is 9.31 Å². The number of rotatable bonds is 6. The van der Waals surface area contributed by atoms with Gasteiger partial charge in [0.1, 0.15) is 24.4 Å². The molecule has 0 saturated heterocycles. The van der Waals surface area contributed by atoms with Crippen LogP contribution < -0.4 is 10.1 Å². The molecule has 2 aliphatic heterocycles. The Bertz CT molecular complexity index is 759. The molecule has 31 heavy (non-hydrogen) atoms. The van der Waals surface area contributed by atoms with Gasteiger partial charge in [-0.25, -0.2) is 0 Å². The van der Waals surface area contributed by atoms with Gasteiger partial charge in [-0.1, -0.05) is 51.2 Å². The van der Waals surface area contributed by atoms with Crippen molar-refractivity contribution in [1.82, 2.24) is 10.2 Å². The molecular formula is C27H42N3O+. The molecule has 2 heterocycles. The van der Waals surface area contributed by atoms with Crippen molar-refractivity contribution in [2.24, 2.45) is 17.8 Å². The molecule has 2 atom stereocenters. The molecule has 0 spiro atoms. The Labute approximate surface area is 189 Å². The summed E-state index contributed by atoms with van der Waals surface area (Å²) in [4.78, 5) is 2.79. The van der Waals surface area contributed by atoms with Crippen molar-refractivity contribution in [3.63, 3.8) is 0 Å². The summed E-state index contributed by atoms with van der Waals surface area (Å²) >= 11 is 0. The first-order valence-corrected chi connectivity index (χ1v) is 13.0. The minimum Gasteiger partial charge on any atom is -0.497 e. The summed E-state index contributed by atoms with van der Waals surface area (Å²) in [6.45, 7) is 6.03. The van der Waals surface area contributed by atoms with Gasteiger partial charge in [-0.3, -0.25) is 14.8 Å². The van der Waals surface area contributed by atoms with Gasteiger partial charge in [0, 0.05) is 6.42 Å². The fourth-order valence-electron chi connectivity index (χ4n) is 6.73. The van der Waals surface area contributed by atoms with Crippen LogP contribution in [0.5, 0.6) is 5.75 Å². The van der Waals surface area contributed by atoms with Crippen LogP contribution in [0, 0.1) is 17.8 Å². The van der Waals surface area contributed by atoms with E-state index in [1.807, 2.05) is 0 Å². The molecular weight excluding hydrogens is 382 g/mol. The van der Waals surface area contributed by atoms with Crippen LogP contribution in [0.15, 0.2) is 24.3 Å². The van der Waals surface area contributed by atoms with Crippen LogP contribution in [0.1, 0.15) is 70.3 Å². The molecule has 2 aliphatic carbocycles. The fourth-order valence-corrected chi connectivity index (χ4v) is 6.73. The maximum absolute atomic E-state index is 5.38. The fraction of sp³-hybridized carbons (Fsp3) is 0.741. The Balaban J connectivity index is 1.33. The molecule has 0 amide bonds. The highest BCUT2D eigenvalue weighted by molar-refractivity contribution is 5.78. The van der Waals surface area contributed by atoms with Crippen LogP contribution >= 0.6 is 0 Å². The number of hydrogen-bond acceptors (Lipinski definition) is 3. The van der Waals surface area contributed by atoms with E-state index in [9.17, 15) is 0 Å². The van der Waals surface area contributed by atoms with Gasteiger partial charge in [-0.15, -0.1) is 0 Å². The van der Waals surface area contributed by atoms with E-state index in [0.717, 1.165) is 36.5 Å². The number of hydrogen-bond donors (Lipinski definition) is 1. The van der Waals surface area contributed by atoms with E-state index in [2.05, 4.69) is 46.0 Å². The summed E-state index contributed by atoms with van der Waals surface area (Å²) < 4.78 is 8.17. The number of nitrogens with zero attached hydrogens (tertiary/aromatic N) is 2. The molecule has 1 aromatic rings. The van der Waals surface area contributed by atoms with Gasteiger partial charge in [0.05, 0.1) is 20.2 Å². The number of guanidine groups is 1. The molecule has 0 bridgehead atoms. The van der Waals surface area contributed by atoms with Crippen LogP contribution in [0.25, 0.3) is 0 Å². The first-order valence-electron chi connectivity index (χ1n) is 13.0. The lowest BCUT2D eigenvalue weighted by atomic mass is 9.82. The second-order valence-electron chi connectivity index (χ2n) is 10.8. The lowest BCUT2D eigenvalue weighted by molar-refractivity contribution is -0.559. The maximum Gasteiger partial charge on any atom is 0.349 e. The SMILES string of the molecule is COc1ccc(C[C@@H]2C[N+]3=C(NC[C@@H]3C3CCCCC3)N2CC2CCC(C)CC2)cc1. The van der Waals surface area contributed by atoms with Gasteiger partial charge >= 0.3 is 5.96 Å². The van der Waals surface area contributed by atoms with Crippen LogP contribution in [-0.2, 0) is 6.42 Å². The minimum absolute atomic E-state index is 0.585. The highest BCUT2D eigenvalue weighted by Crippen LogP contribution is 2.34. The van der Waals surface area contributed by atoms with E-state index >= 15 is 0 Å². The summed E-state index contributed by atoms with van der Waals surface area (Å²) in [5.41, 5.74) is 1.43. The molecule has 4 aliphatic rings. The second-order valence-corrected chi connectivity index (χ2v) is 10.8. The average molecular weight is 425 g/mol. The molecule has 0 unspecified atom stereocenters. The quantitative estimate of drug-likeness (QED) is 0.673. The first-order chi connectivity index (χ1) is 15.2. The zero-order valence-electron chi connectivity index (χ0n) is 19.7. The average Bonchev–Trinajstić information content (AvgIpc) is 3.36. The topological polar surface area (TPSA) is 27.5 Å². The molecule has 4 nitrogen and oxygen atoms in total. The largest absolute Gasteiger partial charge is 0.497 e. The number of methoxy groups -OCH3 is 1. The molecule has 1 N–H and O–H groups in total. The lowest BCUT2D eigenvalue weighted by Crippen LogP contribution is -2.47. The summed E-state index contributed by atoms with van der Waals surface area (Å²) in [7, 11) is 1.75. The zero-order chi connectivity index (χ0) is 21.2. The third kappa shape index (κ3) is 4.59. The summed E-state index contributed by atoms with van der Waals surface area (Å²) in [6, 6.07) is 10.1. The normalized spacial score (nSPS) is 31.6. The molecule has 170 valence electrons. The molecule has 2 fully saturated rings. The number of nitrogens with one attached hydrogen (secondary N) is 1. The van der Waals surface area contributed by atoms with E-state index in [1.54, 1.807) is 7.11 Å².